The zero-order valence-corrected chi connectivity index (χ0v) is 16.9. The van der Waals surface area contributed by atoms with Gasteiger partial charge in [0.05, 0.1) is 24.3 Å². The van der Waals surface area contributed by atoms with E-state index < -0.39 is 21.8 Å². The second-order valence-corrected chi connectivity index (χ2v) is 7.90. The Balaban J connectivity index is 1.92. The molecule has 0 unspecified atom stereocenters. The lowest BCUT2D eigenvalue weighted by Crippen LogP contribution is -2.04. The van der Waals surface area contributed by atoms with Crippen LogP contribution in [-0.2, 0) is 19.3 Å². The molecule has 1 aliphatic heterocycles. The number of ether oxygens (including phenoxy) is 2. The van der Waals surface area contributed by atoms with E-state index in [9.17, 15) is 18.0 Å². The van der Waals surface area contributed by atoms with E-state index in [1.165, 1.54) is 10.8 Å². The Morgan fingerprint density at radius 3 is 1.34 bits per heavy atom. The topological polar surface area (TPSA) is 86.7 Å². The van der Waals surface area contributed by atoms with Crippen LogP contribution >= 0.6 is 0 Å². The molecule has 1 heterocycles. The molecule has 7 heteroatoms. The number of hydrogen-bond acceptors (Lipinski definition) is 6. The molecule has 0 radical (unpaired) electrons. The molecule has 0 fully saturated rings. The maximum Gasteiger partial charge on any atom is 0.338 e. The number of sulfone groups is 1. The standard InChI is InChI=1S/C22H20O6S/c1-3-27-21(23)17-9-5-15(6-10-17)19-13-29(25,26)14-20(19)16-7-11-18(12-8-16)22(24)28-4-2/h5-14H,3-4H2,1-2H3. The van der Waals surface area contributed by atoms with Crippen LogP contribution in [0.3, 0.4) is 0 Å². The molecule has 0 aliphatic carbocycles. The quantitative estimate of drug-likeness (QED) is 0.670. The number of carbonyl (C=O) groups is 2. The largest absolute Gasteiger partial charge is 0.462 e. The molecule has 150 valence electrons. The van der Waals surface area contributed by atoms with Crippen molar-refractivity contribution in [3.63, 3.8) is 0 Å². The smallest absolute Gasteiger partial charge is 0.338 e. The van der Waals surface area contributed by atoms with E-state index in [0.717, 1.165) is 0 Å². The summed E-state index contributed by atoms with van der Waals surface area (Å²) in [7, 11) is -3.52. The number of rotatable bonds is 6. The third kappa shape index (κ3) is 4.63. The number of carbonyl (C=O) groups excluding carboxylic acids is 2. The number of hydrogen-bond donors (Lipinski definition) is 0. The first-order valence-electron chi connectivity index (χ1n) is 9.08. The summed E-state index contributed by atoms with van der Waals surface area (Å²) in [5.74, 6) is -0.866. The molecule has 0 aromatic heterocycles. The van der Waals surface area contributed by atoms with Gasteiger partial charge in [0.1, 0.15) is 0 Å². The summed E-state index contributed by atoms with van der Waals surface area (Å²) < 4.78 is 34.4. The summed E-state index contributed by atoms with van der Waals surface area (Å²) in [6.45, 7) is 4.01. The van der Waals surface area contributed by atoms with E-state index in [-0.39, 0.29) is 13.2 Å². The van der Waals surface area contributed by atoms with Crippen molar-refractivity contribution in [2.45, 2.75) is 13.8 Å². The first-order chi connectivity index (χ1) is 13.8. The lowest BCUT2D eigenvalue weighted by atomic mass is 9.94. The van der Waals surface area contributed by atoms with Crippen molar-refractivity contribution in [1.29, 1.82) is 0 Å². The fourth-order valence-corrected chi connectivity index (χ4v) is 4.19. The van der Waals surface area contributed by atoms with Crippen LogP contribution in [-0.4, -0.2) is 33.6 Å². The van der Waals surface area contributed by atoms with E-state index in [1.54, 1.807) is 62.4 Å². The first-order valence-corrected chi connectivity index (χ1v) is 10.7. The Morgan fingerprint density at radius 1 is 0.690 bits per heavy atom. The average Bonchev–Trinajstić information content (AvgIpc) is 3.04. The van der Waals surface area contributed by atoms with Gasteiger partial charge in [-0.15, -0.1) is 0 Å². The van der Waals surface area contributed by atoms with Gasteiger partial charge in [-0.05, 0) is 49.2 Å². The van der Waals surface area contributed by atoms with Gasteiger partial charge in [-0.2, -0.15) is 0 Å². The zero-order chi connectivity index (χ0) is 21.0. The molecule has 0 saturated carbocycles. The van der Waals surface area contributed by atoms with Crippen LogP contribution in [0.25, 0.3) is 11.1 Å². The normalized spacial score (nSPS) is 14.7. The monoisotopic (exact) mass is 412 g/mol. The molecule has 0 atom stereocenters. The van der Waals surface area contributed by atoms with Crippen molar-refractivity contribution in [3.8, 4) is 0 Å². The van der Waals surface area contributed by atoms with Gasteiger partial charge in [-0.3, -0.25) is 0 Å². The van der Waals surface area contributed by atoms with Crippen molar-refractivity contribution in [3.05, 3.63) is 81.6 Å². The third-order valence-electron chi connectivity index (χ3n) is 4.27. The maximum atomic E-state index is 12.2. The predicted molar refractivity (Wildman–Crippen MR) is 110 cm³/mol. The number of esters is 2. The second kappa shape index (κ2) is 8.45. The van der Waals surface area contributed by atoms with Gasteiger partial charge >= 0.3 is 11.9 Å². The summed E-state index contributed by atoms with van der Waals surface area (Å²) >= 11 is 0. The highest BCUT2D eigenvalue weighted by Gasteiger charge is 2.23. The lowest BCUT2D eigenvalue weighted by Gasteiger charge is -2.10. The fraction of sp³-hybridized carbons (Fsp3) is 0.182. The van der Waals surface area contributed by atoms with Crippen LogP contribution in [0, 0.1) is 0 Å². The Labute approximate surface area is 169 Å². The van der Waals surface area contributed by atoms with Gasteiger partial charge in [0.25, 0.3) is 0 Å². The Kier molecular flexibility index (Phi) is 5.98. The lowest BCUT2D eigenvalue weighted by molar-refractivity contribution is 0.0516. The van der Waals surface area contributed by atoms with E-state index >= 15 is 0 Å². The summed E-state index contributed by atoms with van der Waals surface area (Å²) in [6.07, 6.45) is 0. The van der Waals surface area contributed by atoms with Crippen LogP contribution in [0.2, 0.25) is 0 Å². The molecule has 6 nitrogen and oxygen atoms in total. The molecule has 0 amide bonds. The van der Waals surface area contributed by atoms with Crippen LogP contribution in [0.5, 0.6) is 0 Å². The van der Waals surface area contributed by atoms with E-state index in [1.807, 2.05) is 0 Å². The van der Waals surface area contributed by atoms with Crippen molar-refractivity contribution < 1.29 is 27.5 Å². The number of allylic oxidation sites excluding steroid dienone is 2. The van der Waals surface area contributed by atoms with Gasteiger partial charge in [-0.25, -0.2) is 18.0 Å². The van der Waals surface area contributed by atoms with Gasteiger partial charge in [0.2, 0.25) is 0 Å². The van der Waals surface area contributed by atoms with Crippen LogP contribution in [0.4, 0.5) is 0 Å². The van der Waals surface area contributed by atoms with Crippen LogP contribution < -0.4 is 0 Å². The minimum Gasteiger partial charge on any atom is -0.462 e. The van der Waals surface area contributed by atoms with Crippen molar-refractivity contribution in [2.75, 3.05) is 13.2 Å². The molecule has 2 aromatic rings. The van der Waals surface area contributed by atoms with Gasteiger partial charge < -0.3 is 9.47 Å². The molecule has 3 rings (SSSR count). The summed E-state index contributed by atoms with van der Waals surface area (Å²) in [5, 5.41) is 2.39. The molecule has 0 spiro atoms. The Morgan fingerprint density at radius 2 is 1.03 bits per heavy atom. The molecular weight excluding hydrogens is 392 g/mol. The van der Waals surface area contributed by atoms with Gasteiger partial charge in [0, 0.05) is 22.0 Å². The van der Waals surface area contributed by atoms with E-state index in [2.05, 4.69) is 0 Å². The Bertz CT molecular complexity index is 1010. The third-order valence-corrected chi connectivity index (χ3v) is 5.40. The number of benzene rings is 2. The van der Waals surface area contributed by atoms with Crippen molar-refractivity contribution in [1.82, 2.24) is 0 Å². The Hall–Kier alpha value is -3.19. The second-order valence-electron chi connectivity index (χ2n) is 6.25. The van der Waals surface area contributed by atoms with E-state index in [4.69, 9.17) is 9.47 Å². The summed E-state index contributed by atoms with van der Waals surface area (Å²) in [5.41, 5.74) is 3.12. The van der Waals surface area contributed by atoms with Gasteiger partial charge in [0.15, 0.2) is 9.84 Å². The van der Waals surface area contributed by atoms with Crippen molar-refractivity contribution in [2.24, 2.45) is 0 Å². The first kappa shape index (κ1) is 20.5. The molecule has 1 aliphatic rings. The SMILES string of the molecule is CCOC(=O)c1ccc(C2=CS(=O)(=O)C=C2c2ccc(C(=O)OCC)cc2)cc1. The summed E-state index contributed by atoms with van der Waals surface area (Å²) in [4.78, 5) is 23.6. The highest BCUT2D eigenvalue weighted by Crippen LogP contribution is 2.37. The minimum absolute atomic E-state index is 0.276. The minimum atomic E-state index is -3.52. The molecule has 29 heavy (non-hydrogen) atoms. The van der Waals surface area contributed by atoms with Gasteiger partial charge in [-0.1, -0.05) is 24.3 Å². The molecule has 2 aromatic carbocycles. The van der Waals surface area contributed by atoms with E-state index in [0.29, 0.717) is 33.4 Å². The maximum absolute atomic E-state index is 12.2. The van der Waals surface area contributed by atoms with Crippen LogP contribution in [0.15, 0.2) is 59.3 Å². The molecule has 0 saturated heterocycles. The zero-order valence-electron chi connectivity index (χ0n) is 16.0. The predicted octanol–water partition coefficient (Wildman–Crippen LogP) is 3.85. The molecule has 0 bridgehead atoms. The van der Waals surface area contributed by atoms with Crippen LogP contribution in [0.1, 0.15) is 45.7 Å². The van der Waals surface area contributed by atoms with Crippen molar-refractivity contribution >= 4 is 32.9 Å². The summed E-state index contributed by atoms with van der Waals surface area (Å²) in [6, 6.07) is 13.1. The fourth-order valence-electron chi connectivity index (χ4n) is 2.94. The average molecular weight is 412 g/mol. The highest BCUT2D eigenvalue weighted by molar-refractivity contribution is 7.97. The molecule has 0 N–H and O–H groups in total. The molecular formula is C22H20O6S. The highest BCUT2D eigenvalue weighted by atomic mass is 32.2.